The summed E-state index contributed by atoms with van der Waals surface area (Å²) in [5.41, 5.74) is 9.18. The van der Waals surface area contributed by atoms with Gasteiger partial charge in [0.2, 0.25) is 5.91 Å². The molecule has 0 atom stereocenters. The Morgan fingerprint density at radius 1 is 1.03 bits per heavy atom. The average Bonchev–Trinajstić information content (AvgIpc) is 2.73. The number of hydrogen-bond acceptors (Lipinski definition) is 4. The van der Waals surface area contributed by atoms with E-state index in [4.69, 9.17) is 15.6 Å². The van der Waals surface area contributed by atoms with Gasteiger partial charge in [-0.05, 0) is 35.4 Å². The Kier molecular flexibility index (Phi) is 7.65. The van der Waals surface area contributed by atoms with Crippen LogP contribution < -0.4 is 11.1 Å². The van der Waals surface area contributed by atoms with Crippen molar-refractivity contribution in [1.29, 1.82) is 0 Å². The maximum absolute atomic E-state index is 11.2. The molecule has 0 aliphatic carbocycles. The zero-order chi connectivity index (χ0) is 22.1. The topological polar surface area (TPSA) is 105 Å². The number of carboxylic acids is 1. The lowest BCUT2D eigenvalue weighted by atomic mass is 10.1. The van der Waals surface area contributed by atoms with E-state index in [-0.39, 0.29) is 12.5 Å². The predicted octanol–water partition coefficient (Wildman–Crippen LogP) is 3.94. The predicted molar refractivity (Wildman–Crippen MR) is 108 cm³/mol. The second kappa shape index (κ2) is 10.2. The Morgan fingerprint density at radius 2 is 1.67 bits per heavy atom. The molecule has 1 heterocycles. The van der Waals surface area contributed by atoms with Gasteiger partial charge in [-0.15, -0.1) is 0 Å². The van der Waals surface area contributed by atoms with Gasteiger partial charge in [0, 0.05) is 17.3 Å². The highest BCUT2D eigenvalue weighted by molar-refractivity contribution is 5.92. The third-order valence-electron chi connectivity index (χ3n) is 3.76. The molecule has 1 amide bonds. The Labute approximate surface area is 169 Å². The maximum atomic E-state index is 11.2. The van der Waals surface area contributed by atoms with Crippen LogP contribution in [0.25, 0.3) is 23.1 Å². The monoisotopic (exact) mass is 417 g/mol. The first-order valence-corrected chi connectivity index (χ1v) is 8.62. The van der Waals surface area contributed by atoms with E-state index >= 15 is 0 Å². The summed E-state index contributed by atoms with van der Waals surface area (Å²) in [6, 6.07) is 17.7. The van der Waals surface area contributed by atoms with Crippen LogP contribution in [0, 0.1) is 0 Å². The summed E-state index contributed by atoms with van der Waals surface area (Å²) in [5.74, 6) is -2.95. The molecule has 0 unspecified atom stereocenters. The van der Waals surface area contributed by atoms with Crippen molar-refractivity contribution in [3.8, 4) is 0 Å². The van der Waals surface area contributed by atoms with Crippen LogP contribution in [0.1, 0.15) is 11.1 Å². The number of para-hydroxylation sites is 1. The van der Waals surface area contributed by atoms with Crippen LogP contribution in [0.2, 0.25) is 0 Å². The van der Waals surface area contributed by atoms with Gasteiger partial charge in [-0.1, -0.05) is 42.5 Å². The fourth-order valence-corrected chi connectivity index (χ4v) is 2.34. The molecule has 2 aromatic carbocycles. The third kappa shape index (κ3) is 6.71. The van der Waals surface area contributed by atoms with Crippen molar-refractivity contribution in [3.05, 3.63) is 71.9 Å². The number of amides is 1. The molecule has 0 bridgehead atoms. The smallest absolute Gasteiger partial charge is 0.475 e. The molecule has 0 aliphatic rings. The molecular weight excluding hydrogens is 399 g/mol. The Balaban J connectivity index is 0.000000396. The first-order chi connectivity index (χ1) is 14.2. The highest BCUT2D eigenvalue weighted by Gasteiger charge is 2.38. The molecule has 0 radical (unpaired) electrons. The largest absolute Gasteiger partial charge is 0.490 e. The van der Waals surface area contributed by atoms with E-state index < -0.39 is 12.1 Å². The Bertz CT molecular complexity index is 1040. The van der Waals surface area contributed by atoms with E-state index in [0.717, 1.165) is 27.7 Å². The normalized spacial score (nSPS) is 11.1. The first-order valence-electron chi connectivity index (χ1n) is 8.62. The summed E-state index contributed by atoms with van der Waals surface area (Å²) in [5, 5.41) is 11.0. The van der Waals surface area contributed by atoms with Gasteiger partial charge < -0.3 is 16.2 Å². The number of nitrogens with one attached hydrogen (secondary N) is 1. The Morgan fingerprint density at radius 3 is 2.27 bits per heavy atom. The number of aromatic nitrogens is 1. The average molecular weight is 417 g/mol. The van der Waals surface area contributed by atoms with Crippen molar-refractivity contribution in [2.75, 3.05) is 11.9 Å². The van der Waals surface area contributed by atoms with Crippen LogP contribution in [0.3, 0.4) is 0 Å². The molecule has 0 spiro atoms. The van der Waals surface area contributed by atoms with Crippen LogP contribution in [-0.4, -0.2) is 34.7 Å². The molecule has 6 nitrogen and oxygen atoms in total. The number of nitrogens with two attached hydrogens (primary N) is 1. The lowest BCUT2D eigenvalue weighted by molar-refractivity contribution is -0.192. The number of carboxylic acid groups (broad SMARTS) is 1. The number of hydrogen-bond donors (Lipinski definition) is 3. The number of pyridine rings is 1. The van der Waals surface area contributed by atoms with Gasteiger partial charge in [0.25, 0.3) is 0 Å². The number of nitrogens with zero attached hydrogens (tertiary/aromatic N) is 1. The SMILES string of the molecule is NCC(=O)Nc1ccc(/C=C/c2ccnc3ccccc23)cc1.O=C(O)C(F)(F)F. The van der Waals surface area contributed by atoms with E-state index in [2.05, 4.69) is 22.4 Å². The highest BCUT2D eigenvalue weighted by Crippen LogP contribution is 2.19. The summed E-state index contributed by atoms with van der Waals surface area (Å²) in [4.78, 5) is 24.5. The van der Waals surface area contributed by atoms with Crippen molar-refractivity contribution in [3.63, 3.8) is 0 Å². The maximum Gasteiger partial charge on any atom is 0.490 e. The molecule has 156 valence electrons. The van der Waals surface area contributed by atoms with Crippen molar-refractivity contribution in [2.24, 2.45) is 5.73 Å². The number of fused-ring (bicyclic) bond motifs is 1. The summed E-state index contributed by atoms with van der Waals surface area (Å²) in [7, 11) is 0. The fraction of sp³-hybridized carbons (Fsp3) is 0.0952. The number of anilines is 1. The minimum atomic E-state index is -5.08. The molecule has 3 aromatic rings. The molecule has 4 N–H and O–H groups in total. The van der Waals surface area contributed by atoms with Crippen LogP contribution in [-0.2, 0) is 9.59 Å². The highest BCUT2D eigenvalue weighted by atomic mass is 19.4. The minimum Gasteiger partial charge on any atom is -0.475 e. The van der Waals surface area contributed by atoms with Crippen LogP contribution in [0.4, 0.5) is 18.9 Å². The van der Waals surface area contributed by atoms with Crippen molar-refractivity contribution < 1.29 is 27.9 Å². The molecule has 0 saturated carbocycles. The van der Waals surface area contributed by atoms with Gasteiger partial charge in [0.15, 0.2) is 0 Å². The summed E-state index contributed by atoms with van der Waals surface area (Å²) in [6.45, 7) is -0.0171. The van der Waals surface area contributed by atoms with Crippen molar-refractivity contribution in [2.45, 2.75) is 6.18 Å². The molecule has 0 fully saturated rings. The molecule has 3 rings (SSSR count). The van der Waals surface area contributed by atoms with Gasteiger partial charge >= 0.3 is 12.1 Å². The van der Waals surface area contributed by atoms with Gasteiger partial charge in [0.1, 0.15) is 0 Å². The summed E-state index contributed by atoms with van der Waals surface area (Å²) >= 11 is 0. The molecule has 1 aromatic heterocycles. The zero-order valence-corrected chi connectivity index (χ0v) is 15.6. The second-order valence-corrected chi connectivity index (χ2v) is 5.93. The number of halogens is 3. The van der Waals surface area contributed by atoms with Crippen LogP contribution in [0.5, 0.6) is 0 Å². The van der Waals surface area contributed by atoms with Gasteiger partial charge in [-0.2, -0.15) is 13.2 Å². The number of rotatable bonds is 4. The van der Waals surface area contributed by atoms with E-state index in [1.54, 1.807) is 0 Å². The van der Waals surface area contributed by atoms with Gasteiger partial charge in [-0.3, -0.25) is 9.78 Å². The van der Waals surface area contributed by atoms with Crippen molar-refractivity contribution in [1.82, 2.24) is 4.98 Å². The lowest BCUT2D eigenvalue weighted by Crippen LogP contribution is -2.21. The van der Waals surface area contributed by atoms with E-state index in [0.29, 0.717) is 0 Å². The van der Waals surface area contributed by atoms with E-state index in [1.165, 1.54) is 0 Å². The van der Waals surface area contributed by atoms with Crippen LogP contribution in [0.15, 0.2) is 60.8 Å². The quantitative estimate of drug-likeness (QED) is 0.596. The third-order valence-corrected chi connectivity index (χ3v) is 3.76. The van der Waals surface area contributed by atoms with Crippen LogP contribution >= 0.6 is 0 Å². The molecule has 9 heteroatoms. The van der Waals surface area contributed by atoms with Gasteiger partial charge in [-0.25, -0.2) is 4.79 Å². The van der Waals surface area contributed by atoms with E-state index in [9.17, 15) is 18.0 Å². The molecule has 0 saturated heterocycles. The number of benzene rings is 2. The number of aliphatic carboxylic acids is 1. The zero-order valence-electron chi connectivity index (χ0n) is 15.6. The number of carbonyl (C=O) groups is 2. The molecule has 0 aliphatic heterocycles. The lowest BCUT2D eigenvalue weighted by Gasteiger charge is -2.04. The van der Waals surface area contributed by atoms with Crippen molar-refractivity contribution >= 4 is 40.6 Å². The Hall–Kier alpha value is -3.72. The molecular formula is C21H18F3N3O3. The summed E-state index contributed by atoms with van der Waals surface area (Å²) in [6.07, 6.45) is 0.835. The fourth-order valence-electron chi connectivity index (χ4n) is 2.34. The standard InChI is InChI=1S/C19H17N3O.C2HF3O2/c20-13-19(23)22-16-9-6-14(7-10-16)5-8-15-11-12-21-18-4-2-1-3-17(15)18;3-2(4,5)1(6)7/h1-12H,13,20H2,(H,22,23);(H,6,7)/b8-5+;. The number of carbonyl (C=O) groups excluding carboxylic acids is 1. The molecule has 30 heavy (non-hydrogen) atoms. The van der Waals surface area contributed by atoms with E-state index in [1.807, 2.05) is 60.8 Å². The first kappa shape index (κ1) is 22.6. The summed E-state index contributed by atoms with van der Waals surface area (Å²) < 4.78 is 31.7. The number of alkyl halides is 3. The van der Waals surface area contributed by atoms with Gasteiger partial charge in [0.05, 0.1) is 12.1 Å². The minimum absolute atomic E-state index is 0.0171. The second-order valence-electron chi connectivity index (χ2n) is 5.93.